The number of aryl methyl sites for hydroxylation is 1. The highest BCUT2D eigenvalue weighted by molar-refractivity contribution is 7.99. The molecule has 1 N–H and O–H groups in total. The van der Waals surface area contributed by atoms with Gasteiger partial charge in [0, 0.05) is 23.4 Å². The number of thioether (sulfide) groups is 1. The maximum absolute atomic E-state index is 13.2. The number of hydrogen-bond donors (Lipinski definition) is 1. The average Bonchev–Trinajstić information content (AvgIpc) is 2.76. The van der Waals surface area contributed by atoms with Crippen molar-refractivity contribution in [2.45, 2.75) is 64.9 Å². The van der Waals surface area contributed by atoms with Crippen LogP contribution in [0.2, 0.25) is 5.02 Å². The first-order valence-electron chi connectivity index (χ1n) is 10.8. The summed E-state index contributed by atoms with van der Waals surface area (Å²) in [7, 11) is 0. The fourth-order valence-corrected chi connectivity index (χ4v) is 4.39. The molecule has 2 aromatic carbocycles. The molecule has 2 rings (SSSR count). The van der Waals surface area contributed by atoms with Gasteiger partial charge >= 0.3 is 0 Å². The van der Waals surface area contributed by atoms with Crippen LogP contribution in [-0.4, -0.2) is 34.6 Å². The third-order valence-electron chi connectivity index (χ3n) is 5.30. The fourth-order valence-electron chi connectivity index (χ4n) is 3.20. The molecule has 4 nitrogen and oxygen atoms in total. The van der Waals surface area contributed by atoms with E-state index in [-0.39, 0.29) is 17.9 Å². The topological polar surface area (TPSA) is 49.4 Å². The fraction of sp³-hybridized carbons (Fsp3) is 0.440. The van der Waals surface area contributed by atoms with E-state index in [0.29, 0.717) is 29.5 Å². The highest BCUT2D eigenvalue weighted by Crippen LogP contribution is 2.22. The van der Waals surface area contributed by atoms with Crippen LogP contribution in [0.3, 0.4) is 0 Å². The number of carbonyl (C=O) groups excluding carboxylic acids is 2. The number of carbonyl (C=O) groups is 2. The van der Waals surface area contributed by atoms with Crippen LogP contribution in [0.5, 0.6) is 0 Å². The van der Waals surface area contributed by atoms with Crippen molar-refractivity contribution in [1.82, 2.24) is 10.2 Å². The molecule has 2 aromatic rings. The van der Waals surface area contributed by atoms with Crippen LogP contribution >= 0.6 is 23.4 Å². The van der Waals surface area contributed by atoms with E-state index in [1.807, 2.05) is 76.2 Å². The van der Waals surface area contributed by atoms with E-state index in [9.17, 15) is 9.59 Å². The Morgan fingerprint density at radius 3 is 2.35 bits per heavy atom. The van der Waals surface area contributed by atoms with E-state index in [1.54, 1.807) is 4.90 Å². The molecule has 0 spiro atoms. The SMILES string of the molecule is CC[C@@H](C)NC(=O)[C@H](CC)N(Cc1ccc(C)cc1)C(=O)CSCc1ccccc1Cl. The summed E-state index contributed by atoms with van der Waals surface area (Å²) in [6, 6.07) is 15.3. The molecule has 0 saturated heterocycles. The zero-order chi connectivity index (χ0) is 22.8. The highest BCUT2D eigenvalue weighted by atomic mass is 35.5. The first kappa shape index (κ1) is 25.3. The number of hydrogen-bond acceptors (Lipinski definition) is 3. The summed E-state index contributed by atoms with van der Waals surface area (Å²) in [6.07, 6.45) is 1.41. The van der Waals surface area contributed by atoms with Gasteiger partial charge in [0.15, 0.2) is 0 Å². The summed E-state index contributed by atoms with van der Waals surface area (Å²) in [4.78, 5) is 27.9. The van der Waals surface area contributed by atoms with E-state index < -0.39 is 6.04 Å². The lowest BCUT2D eigenvalue weighted by molar-refractivity contribution is -0.139. The first-order valence-corrected chi connectivity index (χ1v) is 12.4. The van der Waals surface area contributed by atoms with Crippen LogP contribution in [0.1, 0.15) is 50.3 Å². The summed E-state index contributed by atoms with van der Waals surface area (Å²) in [5.41, 5.74) is 3.19. The second kappa shape index (κ2) is 12.8. The molecule has 2 amide bonds. The van der Waals surface area contributed by atoms with E-state index >= 15 is 0 Å². The first-order chi connectivity index (χ1) is 14.8. The lowest BCUT2D eigenvalue weighted by Crippen LogP contribution is -2.51. The summed E-state index contributed by atoms with van der Waals surface area (Å²) in [5, 5.41) is 3.75. The van der Waals surface area contributed by atoms with Crippen LogP contribution in [0.15, 0.2) is 48.5 Å². The summed E-state index contributed by atoms with van der Waals surface area (Å²) in [5.74, 6) is 0.821. The standard InChI is InChI=1S/C25H33ClN2O2S/c1-5-19(4)27-25(30)23(6-2)28(15-20-13-11-18(3)12-14-20)24(29)17-31-16-21-9-7-8-10-22(21)26/h7-14,19,23H,5-6,15-17H2,1-4H3,(H,27,30)/t19-,23+/m1/s1. The normalized spacial score (nSPS) is 12.8. The molecule has 0 aliphatic rings. The lowest BCUT2D eigenvalue weighted by Gasteiger charge is -2.31. The molecule has 0 unspecified atom stereocenters. The van der Waals surface area contributed by atoms with E-state index in [0.717, 1.165) is 17.5 Å². The molecule has 6 heteroatoms. The van der Waals surface area contributed by atoms with Crippen LogP contribution in [0, 0.1) is 6.92 Å². The Morgan fingerprint density at radius 2 is 1.74 bits per heavy atom. The monoisotopic (exact) mass is 460 g/mol. The Morgan fingerprint density at radius 1 is 1.06 bits per heavy atom. The maximum atomic E-state index is 13.2. The van der Waals surface area contributed by atoms with Crippen molar-refractivity contribution in [3.8, 4) is 0 Å². The number of halogens is 1. The van der Waals surface area contributed by atoms with Gasteiger partial charge < -0.3 is 10.2 Å². The highest BCUT2D eigenvalue weighted by Gasteiger charge is 2.29. The molecule has 0 heterocycles. The van der Waals surface area contributed by atoms with Crippen molar-refractivity contribution >= 4 is 35.2 Å². The molecular formula is C25H33ClN2O2S. The molecule has 0 fully saturated rings. The van der Waals surface area contributed by atoms with Gasteiger partial charge in [-0.1, -0.05) is 73.5 Å². The Labute approximate surface area is 195 Å². The van der Waals surface area contributed by atoms with E-state index in [4.69, 9.17) is 11.6 Å². The van der Waals surface area contributed by atoms with Gasteiger partial charge in [-0.2, -0.15) is 0 Å². The van der Waals surface area contributed by atoms with Crippen LogP contribution in [-0.2, 0) is 21.9 Å². The minimum absolute atomic E-state index is 0.0382. The van der Waals surface area contributed by atoms with E-state index in [1.165, 1.54) is 17.3 Å². The van der Waals surface area contributed by atoms with Gasteiger partial charge in [0.1, 0.15) is 6.04 Å². The quantitative estimate of drug-likeness (QED) is 0.474. The Balaban J connectivity index is 2.14. The van der Waals surface area contributed by atoms with Gasteiger partial charge in [-0.05, 0) is 43.9 Å². The molecule has 0 aromatic heterocycles. The molecule has 0 bridgehead atoms. The minimum atomic E-state index is -0.497. The zero-order valence-electron chi connectivity index (χ0n) is 18.9. The van der Waals surface area contributed by atoms with Gasteiger partial charge in [0.25, 0.3) is 0 Å². The Bertz CT molecular complexity index is 857. The second-order valence-corrected chi connectivity index (χ2v) is 9.23. The average molecular weight is 461 g/mol. The minimum Gasteiger partial charge on any atom is -0.352 e. The molecule has 0 aliphatic carbocycles. The number of nitrogens with zero attached hydrogens (tertiary/aromatic N) is 1. The molecule has 0 saturated carbocycles. The van der Waals surface area contributed by atoms with Gasteiger partial charge in [0.2, 0.25) is 11.8 Å². The number of amides is 2. The molecule has 0 aliphatic heterocycles. The molecule has 31 heavy (non-hydrogen) atoms. The Kier molecular flexibility index (Phi) is 10.4. The van der Waals surface area contributed by atoms with Crippen molar-refractivity contribution < 1.29 is 9.59 Å². The van der Waals surface area contributed by atoms with Crippen LogP contribution in [0.4, 0.5) is 0 Å². The molecule has 2 atom stereocenters. The third kappa shape index (κ3) is 7.89. The van der Waals surface area contributed by atoms with Crippen molar-refractivity contribution in [3.05, 3.63) is 70.2 Å². The summed E-state index contributed by atoms with van der Waals surface area (Å²) >= 11 is 7.76. The van der Waals surface area contributed by atoms with Crippen molar-refractivity contribution in [1.29, 1.82) is 0 Å². The number of benzene rings is 2. The van der Waals surface area contributed by atoms with Gasteiger partial charge in [0.05, 0.1) is 5.75 Å². The summed E-state index contributed by atoms with van der Waals surface area (Å²) in [6.45, 7) is 8.42. The Hall–Kier alpha value is -1.98. The van der Waals surface area contributed by atoms with Gasteiger partial charge in [-0.3, -0.25) is 9.59 Å². The molecule has 168 valence electrons. The largest absolute Gasteiger partial charge is 0.352 e. The zero-order valence-corrected chi connectivity index (χ0v) is 20.4. The van der Waals surface area contributed by atoms with Gasteiger partial charge in [-0.15, -0.1) is 11.8 Å². The third-order valence-corrected chi connectivity index (χ3v) is 6.64. The second-order valence-electron chi connectivity index (χ2n) is 7.83. The summed E-state index contributed by atoms with van der Waals surface area (Å²) < 4.78 is 0. The number of rotatable bonds is 11. The van der Waals surface area contributed by atoms with Gasteiger partial charge in [-0.25, -0.2) is 0 Å². The lowest BCUT2D eigenvalue weighted by atomic mass is 10.1. The predicted molar refractivity (Wildman–Crippen MR) is 131 cm³/mol. The maximum Gasteiger partial charge on any atom is 0.243 e. The van der Waals surface area contributed by atoms with E-state index in [2.05, 4.69) is 5.32 Å². The van der Waals surface area contributed by atoms with Crippen LogP contribution < -0.4 is 5.32 Å². The van der Waals surface area contributed by atoms with Crippen LogP contribution in [0.25, 0.3) is 0 Å². The predicted octanol–water partition coefficient (Wildman–Crippen LogP) is 5.60. The molecule has 0 radical (unpaired) electrons. The van der Waals surface area contributed by atoms with Crippen molar-refractivity contribution in [2.24, 2.45) is 0 Å². The molecular weight excluding hydrogens is 428 g/mol. The number of nitrogens with one attached hydrogen (secondary N) is 1. The smallest absolute Gasteiger partial charge is 0.243 e. The van der Waals surface area contributed by atoms with Crippen molar-refractivity contribution in [3.63, 3.8) is 0 Å². The van der Waals surface area contributed by atoms with Crippen molar-refractivity contribution in [2.75, 3.05) is 5.75 Å².